The number of hydrogen-bond acceptors (Lipinski definition) is 5. The summed E-state index contributed by atoms with van der Waals surface area (Å²) in [5.74, 6) is -2.47. The first-order chi connectivity index (χ1) is 15.4. The highest BCUT2D eigenvalue weighted by Gasteiger charge is 2.27. The summed E-state index contributed by atoms with van der Waals surface area (Å²) in [5, 5.41) is 14.1. The smallest absolute Gasteiger partial charge is 0.327 e. The van der Waals surface area contributed by atoms with Gasteiger partial charge in [-0.3, -0.25) is 14.4 Å². The largest absolute Gasteiger partial charge is 0.480 e. The standard InChI is InChI=1S/C24H39N3O5S/c1-16(2)8-6-9-17(3)10-7-11-18(4)12-13-33-15-21(24(31)32)27-23(30)20(14-22(25)29)26-19(5)28/h8,10,12,20-21H,6-7,9,11,13-15H2,1-5H3,(H2,25,29)(H,26,28)(H,27,30)(H,31,32). The number of carbonyl (C=O) groups is 4. The maximum Gasteiger partial charge on any atom is 0.327 e. The van der Waals surface area contributed by atoms with Crippen LogP contribution in [0, 0.1) is 0 Å². The Labute approximate surface area is 201 Å². The minimum atomic E-state index is -1.20. The van der Waals surface area contributed by atoms with E-state index >= 15 is 0 Å². The van der Waals surface area contributed by atoms with Crippen molar-refractivity contribution in [2.75, 3.05) is 11.5 Å². The van der Waals surface area contributed by atoms with Crippen LogP contribution in [0.2, 0.25) is 0 Å². The van der Waals surface area contributed by atoms with E-state index in [1.807, 2.05) is 6.92 Å². The lowest BCUT2D eigenvalue weighted by Crippen LogP contribution is -2.53. The summed E-state index contributed by atoms with van der Waals surface area (Å²) in [6, 6.07) is -2.35. The Balaban J connectivity index is 4.56. The topological polar surface area (TPSA) is 139 Å². The van der Waals surface area contributed by atoms with Gasteiger partial charge in [0.05, 0.1) is 6.42 Å². The molecular weight excluding hydrogens is 442 g/mol. The second kappa shape index (κ2) is 17.0. The first-order valence-corrected chi connectivity index (χ1v) is 12.2. The van der Waals surface area contributed by atoms with Gasteiger partial charge in [-0.15, -0.1) is 0 Å². The number of carboxylic acid groups (broad SMARTS) is 1. The maximum atomic E-state index is 12.3. The third kappa shape index (κ3) is 16.7. The van der Waals surface area contributed by atoms with Crippen molar-refractivity contribution in [1.29, 1.82) is 0 Å². The minimum absolute atomic E-state index is 0.150. The molecule has 0 radical (unpaired) electrons. The zero-order chi connectivity index (χ0) is 25.4. The number of nitrogens with two attached hydrogens (primary N) is 1. The molecule has 0 aromatic heterocycles. The third-order valence-corrected chi connectivity index (χ3v) is 5.64. The fraction of sp³-hybridized carbons (Fsp3) is 0.583. The summed E-state index contributed by atoms with van der Waals surface area (Å²) in [7, 11) is 0. The van der Waals surface area contributed by atoms with Gasteiger partial charge in [0, 0.05) is 18.4 Å². The Bertz CT molecular complexity index is 754. The third-order valence-electron chi connectivity index (χ3n) is 4.67. The van der Waals surface area contributed by atoms with E-state index in [9.17, 15) is 24.3 Å². The molecule has 3 amide bonds. The molecular formula is C24H39N3O5S. The summed E-state index contributed by atoms with van der Waals surface area (Å²) < 4.78 is 0. The van der Waals surface area contributed by atoms with Crippen molar-refractivity contribution in [1.82, 2.24) is 10.6 Å². The molecule has 0 aromatic rings. The lowest BCUT2D eigenvalue weighted by atomic mass is 10.1. The molecule has 0 heterocycles. The molecule has 0 aliphatic rings. The molecule has 5 N–H and O–H groups in total. The Morgan fingerprint density at radius 2 is 1.45 bits per heavy atom. The van der Waals surface area contributed by atoms with E-state index in [1.165, 1.54) is 35.4 Å². The molecule has 0 saturated carbocycles. The SMILES string of the molecule is CC(=O)NC(CC(N)=O)C(=O)NC(CSCC=C(C)CCC=C(C)CCC=C(C)C)C(=O)O. The second-order valence-electron chi connectivity index (χ2n) is 8.32. The number of nitrogens with one attached hydrogen (secondary N) is 2. The monoisotopic (exact) mass is 481 g/mol. The van der Waals surface area contributed by atoms with Crippen LogP contribution in [0.4, 0.5) is 0 Å². The van der Waals surface area contributed by atoms with E-state index in [1.54, 1.807) is 0 Å². The number of amides is 3. The number of hydrogen-bond donors (Lipinski definition) is 4. The zero-order valence-corrected chi connectivity index (χ0v) is 21.2. The van der Waals surface area contributed by atoms with Crippen LogP contribution >= 0.6 is 11.8 Å². The average molecular weight is 482 g/mol. The molecule has 0 rings (SSSR count). The van der Waals surface area contributed by atoms with Crippen LogP contribution < -0.4 is 16.4 Å². The van der Waals surface area contributed by atoms with Gasteiger partial charge in [0.15, 0.2) is 0 Å². The molecule has 0 aromatic carbocycles. The van der Waals surface area contributed by atoms with Crippen LogP contribution in [0.25, 0.3) is 0 Å². The number of thioether (sulfide) groups is 1. The van der Waals surface area contributed by atoms with E-state index in [-0.39, 0.29) is 5.75 Å². The molecule has 8 nitrogen and oxygen atoms in total. The van der Waals surface area contributed by atoms with Crippen molar-refractivity contribution < 1.29 is 24.3 Å². The molecule has 2 unspecified atom stereocenters. The van der Waals surface area contributed by atoms with Crippen molar-refractivity contribution in [2.24, 2.45) is 5.73 Å². The first-order valence-electron chi connectivity index (χ1n) is 11.0. The Morgan fingerprint density at radius 1 is 0.879 bits per heavy atom. The van der Waals surface area contributed by atoms with Gasteiger partial charge in [0.2, 0.25) is 17.7 Å². The van der Waals surface area contributed by atoms with Crippen molar-refractivity contribution in [3.8, 4) is 0 Å². The molecule has 9 heteroatoms. The number of aliphatic carboxylic acids is 1. The Morgan fingerprint density at radius 3 is 1.97 bits per heavy atom. The number of allylic oxidation sites excluding steroid dienone is 5. The normalized spacial score (nSPS) is 13.6. The van der Waals surface area contributed by atoms with Gasteiger partial charge in [-0.25, -0.2) is 4.79 Å². The molecule has 33 heavy (non-hydrogen) atoms. The summed E-state index contributed by atoms with van der Waals surface area (Å²) in [5.41, 5.74) is 9.04. The summed E-state index contributed by atoms with van der Waals surface area (Å²) >= 11 is 1.38. The van der Waals surface area contributed by atoms with Crippen molar-refractivity contribution >= 4 is 35.5 Å². The first kappa shape index (κ1) is 30.4. The molecule has 0 bridgehead atoms. The van der Waals surface area contributed by atoms with Gasteiger partial charge in [-0.1, -0.05) is 34.9 Å². The van der Waals surface area contributed by atoms with Crippen LogP contribution in [0.3, 0.4) is 0 Å². The van der Waals surface area contributed by atoms with Gasteiger partial charge in [-0.2, -0.15) is 11.8 Å². The van der Waals surface area contributed by atoms with E-state index < -0.39 is 42.2 Å². The maximum absolute atomic E-state index is 12.3. The van der Waals surface area contributed by atoms with E-state index in [0.29, 0.717) is 5.75 Å². The highest BCUT2D eigenvalue weighted by molar-refractivity contribution is 7.99. The van der Waals surface area contributed by atoms with Crippen LogP contribution in [0.5, 0.6) is 0 Å². The quantitative estimate of drug-likeness (QED) is 0.197. The molecule has 0 fully saturated rings. The fourth-order valence-electron chi connectivity index (χ4n) is 2.83. The zero-order valence-electron chi connectivity index (χ0n) is 20.4. The summed E-state index contributed by atoms with van der Waals surface area (Å²) in [6.07, 6.45) is 10.2. The van der Waals surface area contributed by atoms with Gasteiger partial charge in [-0.05, 0) is 53.4 Å². The Hall–Kier alpha value is -2.55. The highest BCUT2D eigenvalue weighted by Crippen LogP contribution is 2.13. The van der Waals surface area contributed by atoms with Crippen molar-refractivity contribution in [2.45, 2.75) is 78.8 Å². The lowest BCUT2D eigenvalue weighted by molar-refractivity contribution is -0.141. The lowest BCUT2D eigenvalue weighted by Gasteiger charge is -2.19. The fourth-order valence-corrected chi connectivity index (χ4v) is 3.83. The van der Waals surface area contributed by atoms with Crippen LogP contribution in [0.1, 0.15) is 66.7 Å². The molecule has 2 atom stereocenters. The van der Waals surface area contributed by atoms with E-state index in [4.69, 9.17) is 5.73 Å². The van der Waals surface area contributed by atoms with Gasteiger partial charge >= 0.3 is 5.97 Å². The second-order valence-corrected chi connectivity index (χ2v) is 9.40. The van der Waals surface area contributed by atoms with Crippen molar-refractivity contribution in [3.63, 3.8) is 0 Å². The summed E-state index contributed by atoms with van der Waals surface area (Å²) in [6.45, 7) is 9.59. The molecule has 0 spiro atoms. The highest BCUT2D eigenvalue weighted by atomic mass is 32.2. The van der Waals surface area contributed by atoms with Gasteiger partial charge in [0.1, 0.15) is 12.1 Å². The van der Waals surface area contributed by atoms with Crippen molar-refractivity contribution in [3.05, 3.63) is 34.9 Å². The number of carboxylic acids is 1. The molecule has 186 valence electrons. The van der Waals surface area contributed by atoms with Crippen LogP contribution in [-0.4, -0.2) is 52.4 Å². The van der Waals surface area contributed by atoms with Gasteiger partial charge in [0.25, 0.3) is 0 Å². The average Bonchev–Trinajstić information content (AvgIpc) is 2.68. The Kier molecular flexibility index (Phi) is 15.7. The van der Waals surface area contributed by atoms with Crippen LogP contribution in [0.15, 0.2) is 34.9 Å². The molecule has 0 aliphatic carbocycles. The van der Waals surface area contributed by atoms with Crippen LogP contribution in [-0.2, 0) is 19.2 Å². The summed E-state index contributed by atoms with van der Waals surface area (Å²) in [4.78, 5) is 46.2. The predicted molar refractivity (Wildman–Crippen MR) is 134 cm³/mol. The minimum Gasteiger partial charge on any atom is -0.480 e. The van der Waals surface area contributed by atoms with E-state index in [2.05, 4.69) is 49.6 Å². The molecule has 0 saturated heterocycles. The number of carbonyl (C=O) groups excluding carboxylic acids is 3. The number of rotatable bonds is 16. The number of primary amides is 1. The van der Waals surface area contributed by atoms with Gasteiger partial charge < -0.3 is 21.5 Å². The van der Waals surface area contributed by atoms with E-state index in [0.717, 1.165) is 25.7 Å². The predicted octanol–water partition coefficient (Wildman–Crippen LogP) is 3.09. The molecule has 0 aliphatic heterocycles.